The average molecular weight is 275 g/mol. The molecule has 19 heavy (non-hydrogen) atoms. The van der Waals surface area contributed by atoms with Gasteiger partial charge in [-0.05, 0) is 27.7 Å². The van der Waals surface area contributed by atoms with E-state index in [0.717, 1.165) is 0 Å². The highest BCUT2D eigenvalue weighted by Crippen LogP contribution is 2.15. The molecule has 0 heterocycles. The van der Waals surface area contributed by atoms with Crippen LogP contribution in [0.2, 0.25) is 0 Å². The number of carbonyl (C=O) groups excluding carboxylic acids is 2. The first kappa shape index (κ1) is 17.3. The number of nitrogens with zero attached hydrogens (tertiary/aromatic N) is 1. The third-order valence-electron chi connectivity index (χ3n) is 2.21. The quantitative estimate of drug-likeness (QED) is 0.303. The van der Waals surface area contributed by atoms with Gasteiger partial charge in [-0.1, -0.05) is 0 Å². The van der Waals surface area contributed by atoms with Crippen molar-refractivity contribution in [3.05, 3.63) is 10.1 Å². The van der Waals surface area contributed by atoms with Crippen molar-refractivity contribution in [3.63, 3.8) is 0 Å². The van der Waals surface area contributed by atoms with Crippen molar-refractivity contribution < 1.29 is 24.0 Å². The van der Waals surface area contributed by atoms with E-state index in [-0.39, 0.29) is 6.42 Å². The van der Waals surface area contributed by atoms with Gasteiger partial charge >= 0.3 is 11.9 Å². The monoisotopic (exact) mass is 275 g/mol. The molecule has 0 aliphatic carbocycles. The van der Waals surface area contributed by atoms with E-state index < -0.39 is 41.0 Å². The van der Waals surface area contributed by atoms with E-state index in [1.807, 2.05) is 0 Å². The number of ether oxygens (including phenoxy) is 2. The first-order valence-corrected chi connectivity index (χ1v) is 6.19. The van der Waals surface area contributed by atoms with Gasteiger partial charge in [0.15, 0.2) is 5.92 Å². The third-order valence-corrected chi connectivity index (χ3v) is 2.21. The van der Waals surface area contributed by atoms with Crippen molar-refractivity contribution >= 4 is 11.9 Å². The van der Waals surface area contributed by atoms with E-state index in [0.29, 0.717) is 0 Å². The molecule has 0 amide bonds. The summed E-state index contributed by atoms with van der Waals surface area (Å²) in [6, 6.07) is -1.02. The molecule has 1 atom stereocenters. The second-order valence-corrected chi connectivity index (χ2v) is 4.89. The third kappa shape index (κ3) is 6.73. The molecule has 0 N–H and O–H groups in total. The fraction of sp³-hybridized carbons (Fsp3) is 0.833. The van der Waals surface area contributed by atoms with Gasteiger partial charge in [-0.3, -0.25) is 19.7 Å². The molecule has 0 bridgehead atoms. The Balaban J connectivity index is 4.86. The number of carbonyl (C=O) groups is 2. The normalized spacial score (nSPS) is 12.6. The minimum Gasteiger partial charge on any atom is -0.462 e. The lowest BCUT2D eigenvalue weighted by Crippen LogP contribution is -2.35. The smallest absolute Gasteiger partial charge is 0.320 e. The van der Waals surface area contributed by atoms with Gasteiger partial charge in [0, 0.05) is 18.3 Å². The van der Waals surface area contributed by atoms with Crippen molar-refractivity contribution in [3.8, 4) is 0 Å². The SMILES string of the molecule is CC(C)OC(=O)C(CC(C)[N+](=O)[O-])C(=O)OC(C)C. The predicted molar refractivity (Wildman–Crippen MR) is 67.0 cm³/mol. The van der Waals surface area contributed by atoms with Gasteiger partial charge < -0.3 is 9.47 Å². The highest BCUT2D eigenvalue weighted by Gasteiger charge is 2.35. The molecule has 0 spiro atoms. The first-order chi connectivity index (χ1) is 8.65. The van der Waals surface area contributed by atoms with Gasteiger partial charge in [-0.25, -0.2) is 0 Å². The van der Waals surface area contributed by atoms with Gasteiger partial charge in [0.2, 0.25) is 6.04 Å². The fourth-order valence-corrected chi connectivity index (χ4v) is 1.34. The lowest BCUT2D eigenvalue weighted by molar-refractivity contribution is -0.519. The molecule has 7 nitrogen and oxygen atoms in total. The number of nitro groups is 1. The number of esters is 2. The van der Waals surface area contributed by atoms with Crippen molar-refractivity contribution in [1.29, 1.82) is 0 Å². The maximum atomic E-state index is 11.8. The molecule has 0 aliphatic heterocycles. The summed E-state index contributed by atoms with van der Waals surface area (Å²) < 4.78 is 9.87. The van der Waals surface area contributed by atoms with Gasteiger partial charge in [-0.2, -0.15) is 0 Å². The molecule has 0 aromatic heterocycles. The van der Waals surface area contributed by atoms with E-state index in [4.69, 9.17) is 9.47 Å². The number of hydrogen-bond acceptors (Lipinski definition) is 6. The van der Waals surface area contributed by atoms with Crippen LogP contribution >= 0.6 is 0 Å². The van der Waals surface area contributed by atoms with Gasteiger partial charge in [-0.15, -0.1) is 0 Å². The Morgan fingerprint density at radius 2 is 1.37 bits per heavy atom. The van der Waals surface area contributed by atoms with Crippen LogP contribution in [0.5, 0.6) is 0 Å². The van der Waals surface area contributed by atoms with E-state index in [1.165, 1.54) is 6.92 Å². The van der Waals surface area contributed by atoms with Crippen LogP contribution in [0.4, 0.5) is 0 Å². The fourth-order valence-electron chi connectivity index (χ4n) is 1.34. The Bertz CT molecular complexity index is 317. The van der Waals surface area contributed by atoms with Crippen LogP contribution in [-0.2, 0) is 19.1 Å². The average Bonchev–Trinajstić information content (AvgIpc) is 2.22. The van der Waals surface area contributed by atoms with E-state index in [9.17, 15) is 19.7 Å². The molecule has 0 aromatic rings. The zero-order valence-electron chi connectivity index (χ0n) is 11.9. The molecule has 0 aliphatic rings. The molecule has 0 radical (unpaired) electrons. The Kier molecular flexibility index (Phi) is 7.03. The molecule has 0 fully saturated rings. The van der Waals surface area contributed by atoms with Crippen LogP contribution in [0, 0.1) is 16.0 Å². The van der Waals surface area contributed by atoms with Crippen molar-refractivity contribution in [2.45, 2.75) is 59.3 Å². The number of hydrogen-bond donors (Lipinski definition) is 0. The maximum Gasteiger partial charge on any atom is 0.320 e. The van der Waals surface area contributed by atoms with Crippen molar-refractivity contribution in [2.75, 3.05) is 0 Å². The predicted octanol–water partition coefficient (Wildman–Crippen LogP) is 1.56. The first-order valence-electron chi connectivity index (χ1n) is 6.19. The molecule has 0 rings (SSSR count). The lowest BCUT2D eigenvalue weighted by Gasteiger charge is -2.18. The summed E-state index contributed by atoms with van der Waals surface area (Å²) in [4.78, 5) is 33.7. The summed E-state index contributed by atoms with van der Waals surface area (Å²) in [5.41, 5.74) is 0. The molecule has 0 saturated heterocycles. The molecule has 7 heteroatoms. The van der Waals surface area contributed by atoms with Crippen LogP contribution < -0.4 is 0 Å². The van der Waals surface area contributed by atoms with Crippen LogP contribution in [0.3, 0.4) is 0 Å². The second kappa shape index (κ2) is 7.70. The van der Waals surface area contributed by atoms with E-state index >= 15 is 0 Å². The molecular weight excluding hydrogens is 254 g/mol. The minimum absolute atomic E-state index is 0.232. The summed E-state index contributed by atoms with van der Waals surface area (Å²) in [5, 5.41) is 10.6. The topological polar surface area (TPSA) is 95.7 Å². The van der Waals surface area contributed by atoms with Gasteiger partial charge in [0.05, 0.1) is 12.2 Å². The van der Waals surface area contributed by atoms with Crippen LogP contribution in [0.15, 0.2) is 0 Å². The van der Waals surface area contributed by atoms with Crippen LogP contribution in [-0.4, -0.2) is 35.1 Å². The number of rotatable bonds is 7. The summed E-state index contributed by atoms with van der Waals surface area (Å²) in [6.45, 7) is 7.89. The summed E-state index contributed by atoms with van der Waals surface area (Å²) in [5.74, 6) is -2.83. The molecule has 0 saturated carbocycles. The Morgan fingerprint density at radius 1 is 1.00 bits per heavy atom. The van der Waals surface area contributed by atoms with Crippen LogP contribution in [0.25, 0.3) is 0 Å². The largest absolute Gasteiger partial charge is 0.462 e. The lowest BCUT2D eigenvalue weighted by atomic mass is 10.0. The van der Waals surface area contributed by atoms with Crippen LogP contribution in [0.1, 0.15) is 41.0 Å². The summed E-state index contributed by atoms with van der Waals surface area (Å²) in [7, 11) is 0. The maximum absolute atomic E-state index is 11.8. The Labute approximate surface area is 112 Å². The van der Waals surface area contributed by atoms with E-state index in [2.05, 4.69) is 0 Å². The standard InChI is InChI=1S/C12H21NO6/c1-7(2)18-11(14)10(6-9(5)13(16)17)12(15)19-8(3)4/h7-10H,6H2,1-5H3. The van der Waals surface area contributed by atoms with E-state index in [1.54, 1.807) is 27.7 Å². The second-order valence-electron chi connectivity index (χ2n) is 4.89. The van der Waals surface area contributed by atoms with Crippen molar-refractivity contribution in [1.82, 2.24) is 0 Å². The van der Waals surface area contributed by atoms with Gasteiger partial charge in [0.1, 0.15) is 0 Å². The van der Waals surface area contributed by atoms with Gasteiger partial charge in [0.25, 0.3) is 0 Å². The highest BCUT2D eigenvalue weighted by atomic mass is 16.6. The zero-order chi connectivity index (χ0) is 15.2. The molecule has 1 unspecified atom stereocenters. The summed E-state index contributed by atoms with van der Waals surface area (Å²) >= 11 is 0. The summed E-state index contributed by atoms with van der Waals surface area (Å²) in [6.07, 6.45) is -1.02. The minimum atomic E-state index is -1.26. The molecular formula is C12H21NO6. The zero-order valence-corrected chi connectivity index (χ0v) is 11.9. The van der Waals surface area contributed by atoms with Crippen molar-refractivity contribution in [2.24, 2.45) is 5.92 Å². The molecule has 110 valence electrons. The Morgan fingerprint density at radius 3 is 1.63 bits per heavy atom. The Hall–Kier alpha value is -1.66. The highest BCUT2D eigenvalue weighted by molar-refractivity contribution is 5.95. The molecule has 0 aromatic carbocycles.